The lowest BCUT2D eigenvalue weighted by Gasteiger charge is -2.42. The molecule has 342 valence electrons. The van der Waals surface area contributed by atoms with E-state index in [0.717, 1.165) is 61.7 Å². The maximum absolute atomic E-state index is 4.29. The Morgan fingerprint density at radius 1 is 0.333 bits per heavy atom. The molecule has 0 atom stereocenters. The molecule has 0 aliphatic carbocycles. The van der Waals surface area contributed by atoms with Crippen molar-refractivity contribution < 1.29 is 0 Å². The number of hydrogen-bond acceptors (Lipinski definition) is 4. The Hall–Kier alpha value is -9.32. The average molecular weight is 924 g/mol. The van der Waals surface area contributed by atoms with Gasteiger partial charge in [0.15, 0.2) is 0 Å². The number of hydrogen-bond donors (Lipinski definition) is 0. The summed E-state index contributed by atoms with van der Waals surface area (Å²) in [6.07, 6.45) is 7.41. The summed E-state index contributed by atoms with van der Waals surface area (Å²) in [5, 5.41) is 2.39. The van der Waals surface area contributed by atoms with Gasteiger partial charge in [0, 0.05) is 52.3 Å². The van der Waals surface area contributed by atoms with Crippen LogP contribution in [0.25, 0.3) is 72.0 Å². The van der Waals surface area contributed by atoms with Gasteiger partial charge in [-0.2, -0.15) is 0 Å². The molecule has 1 aliphatic rings. The predicted molar refractivity (Wildman–Crippen MR) is 300 cm³/mol. The molecule has 0 unspecified atom stereocenters. The Balaban J connectivity index is 1.09. The molecule has 0 saturated carbocycles. The topological polar surface area (TPSA) is 37.2 Å². The molecule has 0 saturated heterocycles. The number of benzene rings is 9. The second-order valence-corrected chi connectivity index (χ2v) is 19.1. The molecule has 72 heavy (non-hydrogen) atoms. The fourth-order valence-corrected chi connectivity index (χ4v) is 11.0. The zero-order valence-corrected chi connectivity index (χ0v) is 40.1. The van der Waals surface area contributed by atoms with E-state index in [-0.39, 0.29) is 5.41 Å². The molecule has 0 bridgehead atoms. The molecule has 12 aromatic rings. The molecule has 0 spiro atoms. The largest absolute Gasteiger partial charge is 0.310 e. The maximum Gasteiger partial charge on any atom is 0.0541 e. The molecular weight excluding hydrogens is 875 g/mol. The molecule has 1 aliphatic heterocycles. The lowest BCUT2D eigenvalue weighted by Crippen LogP contribution is -2.30. The van der Waals surface area contributed by atoms with Crippen LogP contribution in [0.4, 0.5) is 34.1 Å². The average Bonchev–Trinajstić information content (AvgIpc) is 3.78. The number of fused-ring (bicyclic) bond motifs is 5. The zero-order valence-electron chi connectivity index (χ0n) is 40.1. The maximum atomic E-state index is 4.29. The molecular formula is C67H49N5. The molecule has 4 heterocycles. The Morgan fingerprint density at radius 3 is 1.19 bits per heavy atom. The van der Waals surface area contributed by atoms with Crippen molar-refractivity contribution in [3.8, 4) is 50.2 Å². The molecule has 0 amide bonds. The minimum Gasteiger partial charge on any atom is -0.310 e. The normalized spacial score (nSPS) is 12.7. The van der Waals surface area contributed by atoms with Crippen molar-refractivity contribution in [2.45, 2.75) is 19.3 Å². The monoisotopic (exact) mass is 923 g/mol. The van der Waals surface area contributed by atoms with E-state index >= 15 is 0 Å². The van der Waals surface area contributed by atoms with Gasteiger partial charge in [0.1, 0.15) is 0 Å². The summed E-state index contributed by atoms with van der Waals surface area (Å²) < 4.78 is 2.48. The van der Waals surface area contributed by atoms with E-state index in [2.05, 4.69) is 275 Å². The number of pyridine rings is 2. The third-order valence-corrected chi connectivity index (χ3v) is 14.6. The number of nitrogens with zero attached hydrogens (tertiary/aromatic N) is 5. The van der Waals surface area contributed by atoms with Crippen LogP contribution < -0.4 is 9.80 Å². The highest BCUT2D eigenvalue weighted by Crippen LogP contribution is 2.53. The highest BCUT2D eigenvalue weighted by molar-refractivity contribution is 6.12. The minimum atomic E-state index is -0.219. The Bertz CT molecular complexity index is 3690. The summed E-state index contributed by atoms with van der Waals surface area (Å²) >= 11 is 0. The van der Waals surface area contributed by atoms with E-state index in [0.29, 0.717) is 0 Å². The lowest BCUT2D eigenvalue weighted by molar-refractivity contribution is 0.632. The van der Waals surface area contributed by atoms with Crippen LogP contribution in [0.15, 0.2) is 261 Å². The number of para-hydroxylation sites is 2. The van der Waals surface area contributed by atoms with E-state index < -0.39 is 0 Å². The van der Waals surface area contributed by atoms with Crippen LogP contribution in [0.5, 0.6) is 0 Å². The quantitative estimate of drug-likeness (QED) is 0.145. The summed E-state index contributed by atoms with van der Waals surface area (Å²) in [6, 6.07) is 86.4. The van der Waals surface area contributed by atoms with Crippen molar-refractivity contribution in [3.05, 3.63) is 273 Å². The van der Waals surface area contributed by atoms with Gasteiger partial charge in [-0.15, -0.1) is 0 Å². The third kappa shape index (κ3) is 7.42. The lowest BCUT2D eigenvalue weighted by atomic mass is 9.73. The van der Waals surface area contributed by atoms with Gasteiger partial charge in [-0.1, -0.05) is 147 Å². The van der Waals surface area contributed by atoms with Gasteiger partial charge in [0.05, 0.1) is 39.5 Å². The highest BCUT2D eigenvalue weighted by atomic mass is 15.2. The smallest absolute Gasteiger partial charge is 0.0541 e. The summed E-state index contributed by atoms with van der Waals surface area (Å²) in [5.41, 5.74) is 21.4. The molecule has 0 N–H and O–H groups in total. The van der Waals surface area contributed by atoms with Gasteiger partial charge in [-0.3, -0.25) is 9.97 Å². The van der Waals surface area contributed by atoms with Crippen LogP contribution in [-0.4, -0.2) is 14.5 Å². The van der Waals surface area contributed by atoms with Crippen molar-refractivity contribution in [3.63, 3.8) is 0 Å². The van der Waals surface area contributed by atoms with E-state index in [4.69, 9.17) is 0 Å². The van der Waals surface area contributed by atoms with Crippen LogP contribution in [-0.2, 0) is 5.41 Å². The molecule has 13 rings (SSSR count). The van der Waals surface area contributed by atoms with E-state index in [9.17, 15) is 0 Å². The van der Waals surface area contributed by atoms with Crippen LogP contribution in [0.3, 0.4) is 0 Å². The standard InChI is InChI=1S/C67H49N5/c1-67(2)61-17-9-11-19-65(61)72(66-20-12-10-18-62(66)67)58-44-56(70(54-27-21-48(22-28-54)50-33-37-68-38-34-50)55-29-23-49(24-30-55)51-35-39-69-40-36-51)43-57(45-58)71-63-31-25-52(46-13-5-3-6-14-46)41-59(63)60-42-53(26-32-64(60)71)47-15-7-4-8-16-47/h3-45H,1-2H3. The van der Waals surface area contributed by atoms with Crippen molar-refractivity contribution in [1.29, 1.82) is 0 Å². The second kappa shape index (κ2) is 17.6. The van der Waals surface area contributed by atoms with Gasteiger partial charge in [-0.25, -0.2) is 0 Å². The summed E-state index contributed by atoms with van der Waals surface area (Å²) in [6.45, 7) is 4.70. The van der Waals surface area contributed by atoms with Gasteiger partial charge >= 0.3 is 0 Å². The van der Waals surface area contributed by atoms with Gasteiger partial charge in [0.2, 0.25) is 0 Å². The molecule has 3 aromatic heterocycles. The minimum absolute atomic E-state index is 0.219. The molecule has 9 aromatic carbocycles. The Morgan fingerprint density at radius 2 is 0.722 bits per heavy atom. The third-order valence-electron chi connectivity index (χ3n) is 14.6. The second-order valence-electron chi connectivity index (χ2n) is 19.1. The fraction of sp³-hybridized carbons (Fsp3) is 0.0448. The molecule has 5 nitrogen and oxygen atoms in total. The van der Waals surface area contributed by atoms with E-state index in [1.54, 1.807) is 0 Å². The zero-order chi connectivity index (χ0) is 48.2. The molecule has 5 heteroatoms. The van der Waals surface area contributed by atoms with E-state index in [1.807, 2.05) is 24.8 Å². The van der Waals surface area contributed by atoms with Crippen molar-refractivity contribution in [2.75, 3.05) is 9.80 Å². The van der Waals surface area contributed by atoms with Crippen molar-refractivity contribution in [2.24, 2.45) is 0 Å². The summed E-state index contributed by atoms with van der Waals surface area (Å²) in [4.78, 5) is 13.5. The number of anilines is 6. The highest BCUT2D eigenvalue weighted by Gasteiger charge is 2.37. The predicted octanol–water partition coefficient (Wildman–Crippen LogP) is 17.8. The van der Waals surface area contributed by atoms with Crippen LogP contribution in [0.2, 0.25) is 0 Å². The number of aromatic nitrogens is 3. The van der Waals surface area contributed by atoms with Crippen LogP contribution >= 0.6 is 0 Å². The van der Waals surface area contributed by atoms with Crippen molar-refractivity contribution >= 4 is 55.9 Å². The fourth-order valence-electron chi connectivity index (χ4n) is 11.0. The van der Waals surface area contributed by atoms with Crippen molar-refractivity contribution in [1.82, 2.24) is 14.5 Å². The number of rotatable bonds is 9. The first-order chi connectivity index (χ1) is 35.5. The Kier molecular flexibility index (Phi) is 10.4. The first-order valence-corrected chi connectivity index (χ1v) is 24.6. The van der Waals surface area contributed by atoms with Crippen LogP contribution in [0.1, 0.15) is 25.0 Å². The SMILES string of the molecule is CC1(C)c2ccccc2N(c2cc(N(c3ccc(-c4ccncc4)cc3)c3ccc(-c4ccncc4)cc3)cc(-n3c4ccc(-c5ccccc5)cc4c4cc(-c5ccccc5)ccc43)c2)c2ccccc21. The Labute approximate surface area is 420 Å². The van der Waals surface area contributed by atoms with Crippen LogP contribution in [0, 0.1) is 0 Å². The van der Waals surface area contributed by atoms with Gasteiger partial charge in [-0.05, 0) is 159 Å². The van der Waals surface area contributed by atoms with E-state index in [1.165, 1.54) is 55.5 Å². The first-order valence-electron chi connectivity index (χ1n) is 24.6. The summed E-state index contributed by atoms with van der Waals surface area (Å²) in [7, 11) is 0. The molecule has 0 radical (unpaired) electrons. The van der Waals surface area contributed by atoms with Gasteiger partial charge < -0.3 is 14.4 Å². The molecule has 0 fully saturated rings. The summed E-state index contributed by atoms with van der Waals surface area (Å²) in [5.74, 6) is 0. The first kappa shape index (κ1) is 42.8. The van der Waals surface area contributed by atoms with Gasteiger partial charge in [0.25, 0.3) is 0 Å².